The van der Waals surface area contributed by atoms with Crippen molar-refractivity contribution in [1.82, 2.24) is 9.80 Å². The first-order valence-electron chi connectivity index (χ1n) is 10.5. The van der Waals surface area contributed by atoms with E-state index in [0.717, 1.165) is 22.4 Å². The van der Waals surface area contributed by atoms with Crippen LogP contribution in [0.4, 0.5) is 0 Å². The summed E-state index contributed by atoms with van der Waals surface area (Å²) in [4.78, 5) is 29.0. The first-order chi connectivity index (χ1) is 14.5. The molecule has 30 heavy (non-hydrogen) atoms. The zero-order valence-electron chi connectivity index (χ0n) is 17.8. The van der Waals surface area contributed by atoms with Gasteiger partial charge in [-0.15, -0.1) is 6.58 Å². The Kier molecular flexibility index (Phi) is 7.28. The topological polar surface area (TPSA) is 49.9 Å². The summed E-state index contributed by atoms with van der Waals surface area (Å²) in [7, 11) is 1.66. The molecule has 0 aromatic heterocycles. The van der Waals surface area contributed by atoms with Crippen molar-refractivity contribution in [3.8, 4) is 16.9 Å². The summed E-state index contributed by atoms with van der Waals surface area (Å²) in [6, 6.07) is 16.3. The van der Waals surface area contributed by atoms with Crippen molar-refractivity contribution < 1.29 is 14.3 Å². The van der Waals surface area contributed by atoms with Crippen molar-refractivity contribution in [3.05, 3.63) is 66.7 Å². The van der Waals surface area contributed by atoms with E-state index in [1.165, 1.54) is 0 Å². The Morgan fingerprint density at radius 3 is 2.30 bits per heavy atom. The molecule has 0 bridgehead atoms. The molecule has 158 valence electrons. The molecule has 2 amide bonds. The Hall–Kier alpha value is -3.08. The molecule has 3 rings (SSSR count). The zero-order chi connectivity index (χ0) is 21.5. The van der Waals surface area contributed by atoms with Gasteiger partial charge in [0, 0.05) is 32.6 Å². The van der Waals surface area contributed by atoms with Crippen LogP contribution in [0.1, 0.15) is 18.9 Å². The van der Waals surface area contributed by atoms with Gasteiger partial charge < -0.3 is 14.5 Å². The van der Waals surface area contributed by atoms with Crippen molar-refractivity contribution in [1.29, 1.82) is 0 Å². The lowest BCUT2D eigenvalue weighted by molar-refractivity contribution is -0.134. The van der Waals surface area contributed by atoms with Crippen LogP contribution in [-0.2, 0) is 16.0 Å². The van der Waals surface area contributed by atoms with Crippen molar-refractivity contribution >= 4 is 11.8 Å². The van der Waals surface area contributed by atoms with E-state index in [0.29, 0.717) is 39.0 Å². The van der Waals surface area contributed by atoms with Gasteiger partial charge in [0.25, 0.3) is 0 Å². The van der Waals surface area contributed by atoms with Crippen LogP contribution >= 0.6 is 0 Å². The number of amides is 2. The fourth-order valence-electron chi connectivity index (χ4n) is 3.89. The van der Waals surface area contributed by atoms with Crippen molar-refractivity contribution in [3.63, 3.8) is 0 Å². The van der Waals surface area contributed by atoms with Crippen LogP contribution < -0.4 is 4.74 Å². The fraction of sp³-hybridized carbons (Fsp3) is 0.360. The van der Waals surface area contributed by atoms with Crippen LogP contribution in [0.15, 0.2) is 61.2 Å². The first-order valence-corrected chi connectivity index (χ1v) is 10.5. The van der Waals surface area contributed by atoms with E-state index < -0.39 is 0 Å². The third kappa shape index (κ3) is 5.09. The molecule has 0 N–H and O–H groups in total. The average molecular weight is 407 g/mol. The smallest absolute Gasteiger partial charge is 0.228 e. The van der Waals surface area contributed by atoms with E-state index in [9.17, 15) is 9.59 Å². The summed E-state index contributed by atoms with van der Waals surface area (Å²) < 4.78 is 5.22. The highest BCUT2D eigenvalue weighted by Crippen LogP contribution is 2.24. The van der Waals surface area contributed by atoms with Gasteiger partial charge in [0.05, 0.1) is 13.0 Å². The van der Waals surface area contributed by atoms with Gasteiger partial charge in [-0.05, 0) is 35.2 Å². The number of benzene rings is 2. The monoisotopic (exact) mass is 406 g/mol. The largest absolute Gasteiger partial charge is 0.497 e. The van der Waals surface area contributed by atoms with Gasteiger partial charge in [0.1, 0.15) is 5.75 Å². The molecule has 1 aliphatic heterocycles. The maximum Gasteiger partial charge on any atom is 0.228 e. The van der Waals surface area contributed by atoms with Gasteiger partial charge in [-0.3, -0.25) is 9.59 Å². The first kappa shape index (κ1) is 21.6. The number of carbonyl (C=O) groups excluding carboxylic acids is 2. The van der Waals surface area contributed by atoms with E-state index in [4.69, 9.17) is 4.74 Å². The number of hydrogen-bond acceptors (Lipinski definition) is 3. The van der Waals surface area contributed by atoms with E-state index in [1.54, 1.807) is 13.2 Å². The highest BCUT2D eigenvalue weighted by atomic mass is 16.5. The van der Waals surface area contributed by atoms with E-state index in [2.05, 4.69) is 30.8 Å². The summed E-state index contributed by atoms with van der Waals surface area (Å²) in [5, 5.41) is 0. The molecule has 2 aromatic carbocycles. The molecule has 5 heteroatoms. The Balaban J connectivity index is 1.76. The van der Waals surface area contributed by atoms with Gasteiger partial charge in [0.15, 0.2) is 0 Å². The Morgan fingerprint density at radius 2 is 1.73 bits per heavy atom. The number of nitrogens with zero attached hydrogens (tertiary/aromatic N) is 2. The molecule has 1 saturated heterocycles. The normalized spacial score (nSPS) is 16.9. The molecule has 0 radical (unpaired) electrons. The molecule has 2 aromatic rings. The SMILES string of the molecule is C=CCN1CCN(C(=O)CC)CC(Cc2ccc(-c3ccc(OC)cc3)cc2)C1=O. The van der Waals surface area contributed by atoms with E-state index >= 15 is 0 Å². The number of rotatable bonds is 7. The third-order valence-electron chi connectivity index (χ3n) is 5.61. The predicted octanol–water partition coefficient (Wildman–Crippen LogP) is 3.79. The minimum absolute atomic E-state index is 0.0977. The molecule has 5 nitrogen and oxygen atoms in total. The number of methoxy groups -OCH3 is 1. The number of hydrogen-bond donors (Lipinski definition) is 0. The van der Waals surface area contributed by atoms with Crippen molar-refractivity contribution in [2.45, 2.75) is 19.8 Å². The van der Waals surface area contributed by atoms with Crippen LogP contribution in [0.25, 0.3) is 11.1 Å². The highest BCUT2D eigenvalue weighted by Gasteiger charge is 2.31. The molecule has 0 saturated carbocycles. The molecular weight excluding hydrogens is 376 g/mol. The second-order valence-electron chi connectivity index (χ2n) is 7.59. The average Bonchev–Trinajstić information content (AvgIpc) is 2.93. The fourth-order valence-corrected chi connectivity index (χ4v) is 3.89. The standard InChI is InChI=1S/C25H30N2O3/c1-4-14-26-15-16-27(24(28)5-2)18-22(25(26)29)17-19-6-8-20(9-7-19)21-10-12-23(30-3)13-11-21/h4,6-13,22H,1,5,14-18H2,2-3H3. The van der Waals surface area contributed by atoms with Gasteiger partial charge >= 0.3 is 0 Å². The van der Waals surface area contributed by atoms with Crippen molar-refractivity contribution in [2.75, 3.05) is 33.3 Å². The summed E-state index contributed by atoms with van der Waals surface area (Å²) >= 11 is 0. The molecule has 1 atom stereocenters. The van der Waals surface area contributed by atoms with Gasteiger partial charge in [-0.1, -0.05) is 49.4 Å². The molecule has 1 heterocycles. The molecule has 0 aliphatic carbocycles. The predicted molar refractivity (Wildman–Crippen MR) is 119 cm³/mol. The van der Waals surface area contributed by atoms with Gasteiger partial charge in [-0.2, -0.15) is 0 Å². The number of carbonyl (C=O) groups is 2. The van der Waals surface area contributed by atoms with Gasteiger partial charge in [0.2, 0.25) is 11.8 Å². The lowest BCUT2D eigenvalue weighted by Gasteiger charge is -2.23. The maximum absolute atomic E-state index is 13.1. The lowest BCUT2D eigenvalue weighted by Crippen LogP contribution is -2.37. The van der Waals surface area contributed by atoms with Crippen LogP contribution in [0, 0.1) is 5.92 Å². The van der Waals surface area contributed by atoms with E-state index in [-0.39, 0.29) is 17.7 Å². The zero-order valence-corrected chi connectivity index (χ0v) is 17.8. The van der Waals surface area contributed by atoms with Crippen molar-refractivity contribution in [2.24, 2.45) is 5.92 Å². The minimum atomic E-state index is -0.241. The van der Waals surface area contributed by atoms with Crippen LogP contribution in [0.3, 0.4) is 0 Å². The molecule has 1 fully saturated rings. The van der Waals surface area contributed by atoms with E-state index in [1.807, 2.05) is 41.0 Å². The highest BCUT2D eigenvalue weighted by molar-refractivity contribution is 5.82. The molecule has 1 unspecified atom stereocenters. The third-order valence-corrected chi connectivity index (χ3v) is 5.61. The van der Waals surface area contributed by atoms with Crippen LogP contribution in [0.2, 0.25) is 0 Å². The maximum atomic E-state index is 13.1. The summed E-state index contributed by atoms with van der Waals surface area (Å²) in [6.45, 7) is 7.76. The molecular formula is C25H30N2O3. The summed E-state index contributed by atoms with van der Waals surface area (Å²) in [5.41, 5.74) is 3.32. The second kappa shape index (κ2) is 10.1. The quantitative estimate of drug-likeness (QED) is 0.658. The Morgan fingerprint density at radius 1 is 1.10 bits per heavy atom. The van der Waals surface area contributed by atoms with Gasteiger partial charge in [-0.25, -0.2) is 0 Å². The second-order valence-corrected chi connectivity index (χ2v) is 7.59. The summed E-state index contributed by atoms with van der Waals surface area (Å²) in [6.07, 6.45) is 2.82. The Labute approximate surface area is 178 Å². The Bertz CT molecular complexity index is 874. The minimum Gasteiger partial charge on any atom is -0.497 e. The van der Waals surface area contributed by atoms with Crippen LogP contribution in [-0.4, -0.2) is 54.9 Å². The summed E-state index contributed by atoms with van der Waals surface area (Å²) in [5.74, 6) is 0.788. The van der Waals surface area contributed by atoms with Crippen LogP contribution in [0.5, 0.6) is 5.75 Å². The molecule has 0 spiro atoms. The number of ether oxygens (including phenoxy) is 1. The lowest BCUT2D eigenvalue weighted by atomic mass is 9.95. The molecule has 1 aliphatic rings.